The Hall–Kier alpha value is 0.0800. The number of rotatable bonds is 7. The first-order valence-electron chi connectivity index (χ1n) is 11.8. The van der Waals surface area contributed by atoms with Crippen molar-refractivity contribution in [2.45, 2.75) is 101 Å². The Morgan fingerprint density at radius 3 is 2.36 bits per heavy atom. The summed E-state index contributed by atoms with van der Waals surface area (Å²) < 4.78 is 23.5. The Balaban J connectivity index is 1.77. The summed E-state index contributed by atoms with van der Waals surface area (Å²) in [5.41, 5.74) is 0. The first-order chi connectivity index (χ1) is 15.8. The van der Waals surface area contributed by atoms with Crippen molar-refractivity contribution < 1.29 is 44.5 Å². The molecule has 6 rings (SSSR count). The van der Waals surface area contributed by atoms with E-state index in [4.69, 9.17) is 31.2 Å². The summed E-state index contributed by atoms with van der Waals surface area (Å²) in [6, 6.07) is 0. The highest BCUT2D eigenvalue weighted by Gasteiger charge is 2.50. The molecule has 6 fully saturated rings. The van der Waals surface area contributed by atoms with Gasteiger partial charge < -0.3 is 44.5 Å². The summed E-state index contributed by atoms with van der Waals surface area (Å²) >= 11 is 6.73. The molecule has 0 saturated carbocycles. The SMILES string of the molecule is CC(=S)CCCSCC1O[C@@H]2OCCCCCC3C(CO)O[C@H](OC1[C@H](O)C2O)C(O)[C@H]3O. The Bertz CT molecular complexity index is 610. The zero-order valence-corrected chi connectivity index (χ0v) is 20.7. The first-order valence-corrected chi connectivity index (χ1v) is 13.4. The summed E-state index contributed by atoms with van der Waals surface area (Å²) in [5, 5.41) is 52.7. The van der Waals surface area contributed by atoms with Gasteiger partial charge in [0, 0.05) is 18.3 Å². The minimum Gasteiger partial charge on any atom is -0.394 e. The topological polar surface area (TPSA) is 138 Å². The van der Waals surface area contributed by atoms with Gasteiger partial charge in [-0.05, 0) is 43.2 Å². The van der Waals surface area contributed by atoms with Crippen LogP contribution in [0.5, 0.6) is 0 Å². The monoisotopic (exact) mass is 510 g/mol. The number of thiocarbonyl (C=S) groups is 1. The van der Waals surface area contributed by atoms with Gasteiger partial charge >= 0.3 is 0 Å². The van der Waals surface area contributed by atoms with Crippen LogP contribution in [0.25, 0.3) is 0 Å². The minimum atomic E-state index is -1.36. The molecule has 0 radical (unpaired) electrons. The number of hydrogen-bond acceptors (Lipinski definition) is 11. The molecule has 6 unspecified atom stereocenters. The fourth-order valence-corrected chi connectivity index (χ4v) is 5.78. The van der Waals surface area contributed by atoms with Crippen LogP contribution in [0.3, 0.4) is 0 Å². The maximum absolute atomic E-state index is 10.9. The van der Waals surface area contributed by atoms with Crippen LogP contribution in [0.2, 0.25) is 0 Å². The van der Waals surface area contributed by atoms with Crippen molar-refractivity contribution in [1.29, 1.82) is 0 Å². The quantitative estimate of drug-likeness (QED) is 0.240. The molecule has 6 aliphatic heterocycles. The average molecular weight is 511 g/mol. The molecule has 0 aromatic carbocycles. The van der Waals surface area contributed by atoms with Crippen LogP contribution in [-0.2, 0) is 18.9 Å². The lowest BCUT2D eigenvalue weighted by molar-refractivity contribution is -0.351. The van der Waals surface area contributed by atoms with Crippen molar-refractivity contribution in [3.8, 4) is 0 Å². The lowest BCUT2D eigenvalue weighted by Crippen LogP contribution is -2.63. The van der Waals surface area contributed by atoms with Crippen molar-refractivity contribution in [3.05, 3.63) is 0 Å². The van der Waals surface area contributed by atoms with Crippen LogP contribution in [0, 0.1) is 5.92 Å². The molecule has 6 heterocycles. The molecule has 6 aliphatic rings. The highest BCUT2D eigenvalue weighted by atomic mass is 32.2. The van der Waals surface area contributed by atoms with Crippen molar-refractivity contribution in [2.75, 3.05) is 24.7 Å². The second-order valence-corrected chi connectivity index (χ2v) is 10.9. The average Bonchev–Trinajstić information content (AvgIpc) is 2.79. The van der Waals surface area contributed by atoms with E-state index in [9.17, 15) is 25.5 Å². The van der Waals surface area contributed by atoms with Gasteiger partial charge in [-0.3, -0.25) is 0 Å². The van der Waals surface area contributed by atoms with E-state index in [1.807, 2.05) is 6.92 Å². The predicted octanol–water partition coefficient (Wildman–Crippen LogP) is 0.367. The number of thioether (sulfide) groups is 1. The fourth-order valence-electron chi connectivity index (χ4n) is 4.62. The van der Waals surface area contributed by atoms with Crippen LogP contribution in [0.1, 0.15) is 45.4 Å². The van der Waals surface area contributed by atoms with Crippen molar-refractivity contribution in [1.82, 2.24) is 0 Å². The van der Waals surface area contributed by atoms with E-state index in [0.717, 1.165) is 36.3 Å². The molecule has 4 bridgehead atoms. The van der Waals surface area contributed by atoms with Gasteiger partial charge in [0.1, 0.15) is 24.4 Å². The second-order valence-electron chi connectivity index (χ2n) is 9.10. The molecule has 6 saturated heterocycles. The Labute approximate surface area is 204 Å². The maximum atomic E-state index is 10.9. The number of ether oxygens (including phenoxy) is 4. The summed E-state index contributed by atoms with van der Waals surface area (Å²) in [6.07, 6.45) is -5.24. The smallest absolute Gasteiger partial charge is 0.187 e. The Kier molecular flexibility index (Phi) is 11.2. The molecular weight excluding hydrogens is 472 g/mol. The molecule has 0 aromatic heterocycles. The van der Waals surface area contributed by atoms with Crippen LogP contribution in [0.15, 0.2) is 0 Å². The predicted molar refractivity (Wildman–Crippen MR) is 126 cm³/mol. The van der Waals surface area contributed by atoms with Gasteiger partial charge in [0.2, 0.25) is 0 Å². The van der Waals surface area contributed by atoms with E-state index in [1.165, 1.54) is 0 Å². The molecule has 33 heavy (non-hydrogen) atoms. The molecule has 192 valence electrons. The molecule has 0 aromatic rings. The number of aliphatic hydroxyl groups excluding tert-OH is 5. The maximum Gasteiger partial charge on any atom is 0.187 e. The lowest BCUT2D eigenvalue weighted by atomic mass is 9.85. The van der Waals surface area contributed by atoms with Gasteiger partial charge in [-0.2, -0.15) is 11.8 Å². The third-order valence-corrected chi connectivity index (χ3v) is 7.88. The third kappa shape index (κ3) is 7.29. The van der Waals surface area contributed by atoms with E-state index in [1.54, 1.807) is 11.8 Å². The minimum absolute atomic E-state index is 0.329. The molecule has 0 spiro atoms. The number of aliphatic hydroxyl groups is 5. The molecule has 5 N–H and O–H groups in total. The summed E-state index contributed by atoms with van der Waals surface area (Å²) in [4.78, 5) is 0.953. The van der Waals surface area contributed by atoms with Crippen molar-refractivity contribution in [3.63, 3.8) is 0 Å². The van der Waals surface area contributed by atoms with Gasteiger partial charge in [-0.25, -0.2) is 0 Å². The molecule has 0 amide bonds. The molecule has 10 atom stereocenters. The molecule has 9 nitrogen and oxygen atoms in total. The second kappa shape index (κ2) is 13.4. The van der Waals surface area contributed by atoms with Crippen LogP contribution in [-0.4, -0.2) is 110 Å². The summed E-state index contributed by atoms with van der Waals surface area (Å²) in [6.45, 7) is 1.94. The van der Waals surface area contributed by atoms with E-state index in [2.05, 4.69) is 0 Å². The highest BCUT2D eigenvalue weighted by Crippen LogP contribution is 2.34. The zero-order chi connectivity index (χ0) is 24.0. The largest absolute Gasteiger partial charge is 0.394 e. The van der Waals surface area contributed by atoms with Crippen molar-refractivity contribution >= 4 is 28.8 Å². The molecule has 0 aliphatic carbocycles. The Morgan fingerprint density at radius 1 is 0.909 bits per heavy atom. The lowest BCUT2D eigenvalue weighted by Gasteiger charge is -2.47. The fraction of sp³-hybridized carbons (Fsp3) is 0.955. The first kappa shape index (κ1) is 27.7. The number of hydrogen-bond donors (Lipinski definition) is 5. The third-order valence-electron chi connectivity index (χ3n) is 6.53. The van der Waals surface area contributed by atoms with Crippen LogP contribution < -0.4 is 0 Å². The van der Waals surface area contributed by atoms with Gasteiger partial charge in [-0.15, -0.1) is 0 Å². The Morgan fingerprint density at radius 2 is 1.64 bits per heavy atom. The van der Waals surface area contributed by atoms with Gasteiger partial charge in [0.25, 0.3) is 0 Å². The van der Waals surface area contributed by atoms with Gasteiger partial charge in [-0.1, -0.05) is 25.1 Å². The van der Waals surface area contributed by atoms with Crippen molar-refractivity contribution in [2.24, 2.45) is 5.92 Å². The normalized spacial score (nSPS) is 42.6. The van der Waals surface area contributed by atoms with Crippen LogP contribution in [0.4, 0.5) is 0 Å². The summed E-state index contributed by atoms with van der Waals surface area (Å²) in [7, 11) is 0. The zero-order valence-electron chi connectivity index (χ0n) is 19.0. The molecular formula is C22H38O9S2. The van der Waals surface area contributed by atoms with Crippen LogP contribution >= 0.6 is 24.0 Å². The van der Waals surface area contributed by atoms with Gasteiger partial charge in [0.05, 0.1) is 24.9 Å². The van der Waals surface area contributed by atoms with E-state index >= 15 is 0 Å². The summed E-state index contributed by atoms with van der Waals surface area (Å²) in [5.74, 6) is 0.859. The standard InChI is InChI=1S/C22H38O9S2/c1-12(32)6-5-9-33-11-15-20-17(25)19(27)21(30-15)28-8-4-2-3-7-13-14(10-23)29-22(31-20)18(26)16(13)24/h13-27H,2-11H2,1H3/t13?,14?,15?,16-,17+,18?,19?,20?,21-,22+/m0/s1. The van der Waals surface area contributed by atoms with E-state index < -0.39 is 61.2 Å². The van der Waals surface area contributed by atoms with E-state index in [0.29, 0.717) is 25.2 Å². The highest BCUT2D eigenvalue weighted by molar-refractivity contribution is 7.99. The molecule has 11 heteroatoms. The van der Waals surface area contributed by atoms with Gasteiger partial charge in [0.15, 0.2) is 12.6 Å². The van der Waals surface area contributed by atoms with E-state index in [-0.39, 0.29) is 6.61 Å².